The van der Waals surface area contributed by atoms with Crippen LogP contribution in [0.1, 0.15) is 5.56 Å². The molecular formula is C12H9N3O6S. The van der Waals surface area contributed by atoms with Gasteiger partial charge in [-0.1, -0.05) is 0 Å². The molecule has 0 spiro atoms. The van der Waals surface area contributed by atoms with Gasteiger partial charge in [0, 0.05) is 17.7 Å². The molecule has 10 heteroatoms. The van der Waals surface area contributed by atoms with Crippen LogP contribution in [0.4, 0.5) is 10.5 Å². The van der Waals surface area contributed by atoms with Crippen LogP contribution in [0, 0.1) is 10.1 Å². The Kier molecular flexibility index (Phi) is 4.13. The third-order valence-corrected chi connectivity index (χ3v) is 3.60. The quantitative estimate of drug-likeness (QED) is 0.474. The van der Waals surface area contributed by atoms with E-state index in [0.29, 0.717) is 16.7 Å². The lowest BCUT2D eigenvalue weighted by Crippen LogP contribution is -2.36. The third kappa shape index (κ3) is 3.06. The minimum absolute atomic E-state index is 0.0128. The summed E-state index contributed by atoms with van der Waals surface area (Å²) in [5, 5.41) is 19.7. The van der Waals surface area contributed by atoms with E-state index in [1.807, 2.05) is 0 Å². The van der Waals surface area contributed by atoms with Gasteiger partial charge in [-0.3, -0.25) is 29.4 Å². The van der Waals surface area contributed by atoms with Gasteiger partial charge in [0.15, 0.2) is 0 Å². The molecule has 1 heterocycles. The van der Waals surface area contributed by atoms with Crippen LogP contribution in [-0.4, -0.2) is 38.5 Å². The van der Waals surface area contributed by atoms with E-state index in [2.05, 4.69) is 0 Å². The number of phenolic OH excluding ortho intramolecular Hbond substituents is 1. The van der Waals surface area contributed by atoms with Crippen molar-refractivity contribution in [2.75, 3.05) is 6.54 Å². The molecule has 1 aliphatic rings. The lowest BCUT2D eigenvalue weighted by atomic mass is 10.1. The molecule has 9 nitrogen and oxygen atoms in total. The van der Waals surface area contributed by atoms with Crippen molar-refractivity contribution >= 4 is 40.6 Å². The number of carbonyl (C=O) groups excluding carboxylic acids is 3. The van der Waals surface area contributed by atoms with Crippen molar-refractivity contribution in [1.82, 2.24) is 4.90 Å². The van der Waals surface area contributed by atoms with Crippen molar-refractivity contribution in [2.24, 2.45) is 5.73 Å². The first-order valence-electron chi connectivity index (χ1n) is 5.80. The van der Waals surface area contributed by atoms with E-state index in [-0.39, 0.29) is 21.9 Å². The Hall–Kier alpha value is -2.88. The van der Waals surface area contributed by atoms with Crippen LogP contribution >= 0.6 is 11.8 Å². The Morgan fingerprint density at radius 3 is 2.73 bits per heavy atom. The molecule has 0 saturated carbocycles. The Morgan fingerprint density at radius 1 is 1.45 bits per heavy atom. The number of hydrogen-bond donors (Lipinski definition) is 2. The maximum absolute atomic E-state index is 12.0. The molecule has 1 fully saturated rings. The van der Waals surface area contributed by atoms with Gasteiger partial charge in [-0.25, -0.2) is 0 Å². The van der Waals surface area contributed by atoms with E-state index in [1.54, 1.807) is 0 Å². The molecule has 2 rings (SSSR count). The maximum atomic E-state index is 12.0. The minimum Gasteiger partial charge on any atom is -0.507 e. The standard InChI is InChI=1S/C12H9N3O6S/c13-10(17)5-14-11(18)9(22-12(14)19)4-6-3-7(15(20)21)1-2-8(6)16/h1-4,16H,5H2,(H2,13,17)/b9-4-. The number of aromatic hydroxyl groups is 1. The molecule has 3 amide bonds. The predicted octanol–water partition coefficient (Wildman–Crippen LogP) is 0.822. The van der Waals surface area contributed by atoms with E-state index in [4.69, 9.17) is 5.73 Å². The number of non-ortho nitro benzene ring substituents is 1. The number of benzene rings is 1. The first-order chi connectivity index (χ1) is 10.3. The molecule has 1 aromatic rings. The van der Waals surface area contributed by atoms with E-state index in [1.165, 1.54) is 0 Å². The SMILES string of the molecule is NC(=O)CN1C(=O)S/C(=C\c2cc([N+](=O)[O-])ccc2O)C1=O. The number of nitro groups is 1. The number of imide groups is 1. The van der Waals surface area contributed by atoms with Gasteiger partial charge in [-0.2, -0.15) is 0 Å². The Labute approximate surface area is 127 Å². The van der Waals surface area contributed by atoms with E-state index in [9.17, 15) is 29.6 Å². The topological polar surface area (TPSA) is 144 Å². The van der Waals surface area contributed by atoms with E-state index < -0.39 is 28.5 Å². The molecule has 22 heavy (non-hydrogen) atoms. The Balaban J connectivity index is 2.36. The molecule has 0 atom stereocenters. The highest BCUT2D eigenvalue weighted by molar-refractivity contribution is 8.18. The van der Waals surface area contributed by atoms with E-state index >= 15 is 0 Å². The normalized spacial score (nSPS) is 16.4. The van der Waals surface area contributed by atoms with E-state index in [0.717, 1.165) is 24.3 Å². The van der Waals surface area contributed by atoms with Crippen LogP contribution in [0.15, 0.2) is 23.1 Å². The molecule has 114 valence electrons. The fourth-order valence-electron chi connectivity index (χ4n) is 1.70. The van der Waals surface area contributed by atoms with Gasteiger partial charge in [0.2, 0.25) is 5.91 Å². The highest BCUT2D eigenvalue weighted by atomic mass is 32.2. The first kappa shape index (κ1) is 15.5. The summed E-state index contributed by atoms with van der Waals surface area (Å²) < 4.78 is 0. The average molecular weight is 323 g/mol. The number of thioether (sulfide) groups is 1. The van der Waals surface area contributed by atoms with Gasteiger partial charge in [-0.15, -0.1) is 0 Å². The van der Waals surface area contributed by atoms with Crippen LogP contribution in [0.2, 0.25) is 0 Å². The van der Waals surface area contributed by atoms with Gasteiger partial charge in [0.25, 0.3) is 16.8 Å². The zero-order valence-electron chi connectivity index (χ0n) is 10.9. The zero-order chi connectivity index (χ0) is 16.4. The number of nitrogens with two attached hydrogens (primary N) is 1. The fourth-order valence-corrected chi connectivity index (χ4v) is 2.53. The first-order valence-corrected chi connectivity index (χ1v) is 6.62. The van der Waals surface area contributed by atoms with Crippen molar-refractivity contribution in [3.63, 3.8) is 0 Å². The molecule has 3 N–H and O–H groups in total. The summed E-state index contributed by atoms with van der Waals surface area (Å²) in [6, 6.07) is 3.28. The van der Waals surface area contributed by atoms with Crippen LogP contribution in [-0.2, 0) is 9.59 Å². The van der Waals surface area contributed by atoms with Crippen LogP contribution < -0.4 is 5.73 Å². The number of carbonyl (C=O) groups is 3. The molecule has 0 aromatic heterocycles. The second-order valence-corrected chi connectivity index (χ2v) is 5.23. The summed E-state index contributed by atoms with van der Waals surface area (Å²) in [7, 11) is 0. The van der Waals surface area contributed by atoms with Gasteiger partial charge >= 0.3 is 0 Å². The second-order valence-electron chi connectivity index (χ2n) is 4.23. The average Bonchev–Trinajstić information content (AvgIpc) is 2.68. The summed E-state index contributed by atoms with van der Waals surface area (Å²) in [5.74, 6) is -1.88. The number of rotatable bonds is 4. The third-order valence-electron chi connectivity index (χ3n) is 2.70. The molecule has 0 bridgehead atoms. The fraction of sp³-hybridized carbons (Fsp3) is 0.0833. The highest BCUT2D eigenvalue weighted by Crippen LogP contribution is 2.34. The molecule has 0 radical (unpaired) electrons. The summed E-state index contributed by atoms with van der Waals surface area (Å²) in [4.78, 5) is 45.1. The predicted molar refractivity (Wildman–Crippen MR) is 76.6 cm³/mol. The highest BCUT2D eigenvalue weighted by Gasteiger charge is 2.36. The summed E-state index contributed by atoms with van der Waals surface area (Å²) in [6.45, 7) is -0.553. The van der Waals surface area contributed by atoms with Crippen molar-refractivity contribution in [2.45, 2.75) is 0 Å². The molecular weight excluding hydrogens is 314 g/mol. The van der Waals surface area contributed by atoms with Crippen molar-refractivity contribution in [3.8, 4) is 5.75 Å². The molecule has 0 unspecified atom stereocenters. The number of hydrogen-bond acceptors (Lipinski definition) is 7. The summed E-state index contributed by atoms with van der Waals surface area (Å²) in [5.41, 5.74) is 4.68. The molecule has 1 saturated heterocycles. The largest absolute Gasteiger partial charge is 0.507 e. The lowest BCUT2D eigenvalue weighted by Gasteiger charge is -2.08. The maximum Gasteiger partial charge on any atom is 0.294 e. The Bertz CT molecular complexity index is 730. The second kappa shape index (κ2) is 5.85. The summed E-state index contributed by atoms with van der Waals surface area (Å²) in [6.07, 6.45) is 1.15. The molecule has 0 aliphatic carbocycles. The minimum atomic E-state index is -0.846. The molecule has 1 aromatic carbocycles. The number of primary amides is 1. The lowest BCUT2D eigenvalue weighted by molar-refractivity contribution is -0.384. The van der Waals surface area contributed by atoms with Crippen molar-refractivity contribution in [1.29, 1.82) is 0 Å². The van der Waals surface area contributed by atoms with Gasteiger partial charge < -0.3 is 10.8 Å². The number of nitrogens with zero attached hydrogens (tertiary/aromatic N) is 2. The van der Waals surface area contributed by atoms with Crippen LogP contribution in [0.3, 0.4) is 0 Å². The van der Waals surface area contributed by atoms with Gasteiger partial charge in [0.05, 0.1) is 9.83 Å². The zero-order valence-corrected chi connectivity index (χ0v) is 11.7. The number of nitro benzene ring substituents is 1. The number of amides is 3. The number of phenols is 1. The van der Waals surface area contributed by atoms with Crippen molar-refractivity contribution < 1.29 is 24.4 Å². The Morgan fingerprint density at radius 2 is 2.14 bits per heavy atom. The monoisotopic (exact) mass is 323 g/mol. The molecule has 1 aliphatic heterocycles. The smallest absolute Gasteiger partial charge is 0.294 e. The van der Waals surface area contributed by atoms with Crippen LogP contribution in [0.25, 0.3) is 6.08 Å². The van der Waals surface area contributed by atoms with Crippen LogP contribution in [0.5, 0.6) is 5.75 Å². The van der Waals surface area contributed by atoms with Gasteiger partial charge in [0.1, 0.15) is 12.3 Å². The summed E-state index contributed by atoms with van der Waals surface area (Å²) >= 11 is 0.551. The van der Waals surface area contributed by atoms with Gasteiger partial charge in [-0.05, 0) is 23.9 Å². The van der Waals surface area contributed by atoms with Crippen molar-refractivity contribution in [3.05, 3.63) is 38.8 Å².